The molecule has 1 atom stereocenters. The third-order valence-electron chi connectivity index (χ3n) is 5.88. The zero-order valence-electron chi connectivity index (χ0n) is 18.2. The Labute approximate surface area is 194 Å². The molecule has 0 radical (unpaired) electrons. The molecule has 1 unspecified atom stereocenters. The molecule has 9 nitrogen and oxygen atoms in total. The van der Waals surface area contributed by atoms with Crippen molar-refractivity contribution >= 4 is 41.5 Å². The Hall–Kier alpha value is -2.88. The molecule has 0 aliphatic carbocycles. The standard InChI is InChI=1S/C22H29N7O2.ClH/c1-27-10-12-28(13-11-27)22(31)15-2-4-17(5-3-15)25-21-18(20(24)30)6-7-19(26-21)29-9-8-16(23)14-29;/h2-7,16H,8-14,23H2,1H3,(H2,24,30)(H,25,26);1H. The topological polar surface area (TPSA) is 121 Å². The van der Waals surface area contributed by atoms with Crippen molar-refractivity contribution in [1.29, 1.82) is 0 Å². The van der Waals surface area contributed by atoms with Crippen molar-refractivity contribution in [3.8, 4) is 0 Å². The number of nitrogens with zero attached hydrogens (tertiary/aromatic N) is 4. The van der Waals surface area contributed by atoms with E-state index in [1.54, 1.807) is 24.3 Å². The molecule has 10 heteroatoms. The van der Waals surface area contributed by atoms with Crippen LogP contribution in [0, 0.1) is 0 Å². The Bertz CT molecular complexity index is 961. The maximum Gasteiger partial charge on any atom is 0.253 e. The number of hydrogen-bond donors (Lipinski definition) is 3. The molecular weight excluding hydrogens is 430 g/mol. The van der Waals surface area contributed by atoms with Crippen LogP contribution in [0.2, 0.25) is 0 Å². The number of halogens is 1. The van der Waals surface area contributed by atoms with Gasteiger partial charge in [0.15, 0.2) is 0 Å². The fourth-order valence-corrected chi connectivity index (χ4v) is 3.94. The molecule has 1 aromatic carbocycles. The van der Waals surface area contributed by atoms with Gasteiger partial charge < -0.3 is 31.5 Å². The third-order valence-corrected chi connectivity index (χ3v) is 5.88. The second kappa shape index (κ2) is 10.2. The summed E-state index contributed by atoms with van der Waals surface area (Å²) in [6.07, 6.45) is 0.908. The van der Waals surface area contributed by atoms with Crippen molar-refractivity contribution < 1.29 is 9.59 Å². The normalized spacial score (nSPS) is 18.9. The Kier molecular flexibility index (Phi) is 7.55. The lowest BCUT2D eigenvalue weighted by atomic mass is 10.1. The number of likely N-dealkylation sites (N-methyl/N-ethyl adjacent to an activating group) is 1. The van der Waals surface area contributed by atoms with Gasteiger partial charge in [0, 0.05) is 56.6 Å². The third kappa shape index (κ3) is 5.29. The van der Waals surface area contributed by atoms with Gasteiger partial charge in [-0.25, -0.2) is 4.98 Å². The first-order valence-corrected chi connectivity index (χ1v) is 10.6. The summed E-state index contributed by atoms with van der Waals surface area (Å²) < 4.78 is 0. The minimum Gasteiger partial charge on any atom is -0.365 e. The summed E-state index contributed by atoms with van der Waals surface area (Å²) in [5.41, 5.74) is 13.2. The molecular formula is C22H30ClN7O2. The lowest BCUT2D eigenvalue weighted by Gasteiger charge is -2.32. The van der Waals surface area contributed by atoms with Crippen LogP contribution in [0.5, 0.6) is 0 Å². The van der Waals surface area contributed by atoms with Gasteiger partial charge in [-0.3, -0.25) is 9.59 Å². The Morgan fingerprint density at radius 3 is 2.31 bits per heavy atom. The molecule has 2 amide bonds. The number of nitrogens with two attached hydrogens (primary N) is 2. The summed E-state index contributed by atoms with van der Waals surface area (Å²) in [5, 5.41) is 3.18. The molecule has 0 spiro atoms. The van der Waals surface area contributed by atoms with E-state index in [0.717, 1.165) is 57.2 Å². The quantitative estimate of drug-likeness (QED) is 0.615. The largest absolute Gasteiger partial charge is 0.365 e. The van der Waals surface area contributed by atoms with Gasteiger partial charge >= 0.3 is 0 Å². The maximum absolute atomic E-state index is 12.7. The second-order valence-corrected chi connectivity index (χ2v) is 8.22. The van der Waals surface area contributed by atoms with Gasteiger partial charge in [0.2, 0.25) is 0 Å². The monoisotopic (exact) mass is 459 g/mol. The average Bonchev–Trinajstić information content (AvgIpc) is 3.20. The SMILES string of the molecule is CN1CCN(C(=O)c2ccc(Nc3nc(N4CCC(N)C4)ccc3C(N)=O)cc2)CC1.Cl. The molecule has 1 aromatic heterocycles. The van der Waals surface area contributed by atoms with Crippen LogP contribution in [-0.4, -0.2) is 79.0 Å². The molecule has 0 saturated carbocycles. The van der Waals surface area contributed by atoms with E-state index in [2.05, 4.69) is 27.1 Å². The van der Waals surface area contributed by atoms with E-state index >= 15 is 0 Å². The van der Waals surface area contributed by atoms with E-state index in [1.165, 1.54) is 0 Å². The first-order valence-electron chi connectivity index (χ1n) is 10.6. The number of pyridine rings is 1. The summed E-state index contributed by atoms with van der Waals surface area (Å²) in [6.45, 7) is 4.77. The molecule has 2 saturated heterocycles. The summed E-state index contributed by atoms with van der Waals surface area (Å²) in [7, 11) is 2.06. The van der Waals surface area contributed by atoms with Crippen molar-refractivity contribution in [3.05, 3.63) is 47.5 Å². The minimum atomic E-state index is -0.554. The smallest absolute Gasteiger partial charge is 0.253 e. The number of carbonyl (C=O) groups is 2. The molecule has 2 aromatic rings. The van der Waals surface area contributed by atoms with Gasteiger partial charge in [-0.15, -0.1) is 12.4 Å². The number of carbonyl (C=O) groups excluding carboxylic acids is 2. The van der Waals surface area contributed by atoms with E-state index in [-0.39, 0.29) is 24.4 Å². The molecule has 2 aliphatic heterocycles. The molecule has 2 fully saturated rings. The lowest BCUT2D eigenvalue weighted by molar-refractivity contribution is 0.0664. The molecule has 32 heavy (non-hydrogen) atoms. The number of nitrogens with one attached hydrogen (secondary N) is 1. The van der Waals surface area contributed by atoms with E-state index in [9.17, 15) is 9.59 Å². The van der Waals surface area contributed by atoms with Crippen molar-refractivity contribution in [2.24, 2.45) is 11.5 Å². The fraction of sp³-hybridized carbons (Fsp3) is 0.409. The summed E-state index contributed by atoms with van der Waals surface area (Å²) in [5.74, 6) is 0.621. The highest BCUT2D eigenvalue weighted by atomic mass is 35.5. The van der Waals surface area contributed by atoms with Crippen LogP contribution in [0.4, 0.5) is 17.3 Å². The van der Waals surface area contributed by atoms with Crippen molar-refractivity contribution in [2.45, 2.75) is 12.5 Å². The number of aromatic nitrogens is 1. The number of primary amides is 1. The zero-order chi connectivity index (χ0) is 22.0. The number of amides is 2. The van der Waals surface area contributed by atoms with Crippen LogP contribution in [0.15, 0.2) is 36.4 Å². The Morgan fingerprint density at radius 2 is 1.72 bits per heavy atom. The van der Waals surface area contributed by atoms with Crippen LogP contribution in [-0.2, 0) is 0 Å². The van der Waals surface area contributed by atoms with E-state index in [4.69, 9.17) is 11.5 Å². The highest BCUT2D eigenvalue weighted by molar-refractivity contribution is 5.99. The second-order valence-electron chi connectivity index (χ2n) is 8.22. The van der Waals surface area contributed by atoms with Gasteiger partial charge in [0.25, 0.3) is 11.8 Å². The first-order chi connectivity index (χ1) is 14.9. The number of benzene rings is 1. The number of rotatable bonds is 5. The zero-order valence-corrected chi connectivity index (χ0v) is 19.0. The van der Waals surface area contributed by atoms with Crippen LogP contribution in [0.25, 0.3) is 0 Å². The molecule has 172 valence electrons. The average molecular weight is 460 g/mol. The van der Waals surface area contributed by atoms with Gasteiger partial charge in [-0.2, -0.15) is 0 Å². The highest BCUT2D eigenvalue weighted by Gasteiger charge is 2.23. The van der Waals surface area contributed by atoms with Gasteiger partial charge in [-0.05, 0) is 49.9 Å². The van der Waals surface area contributed by atoms with E-state index in [0.29, 0.717) is 16.9 Å². The summed E-state index contributed by atoms with van der Waals surface area (Å²) in [6, 6.07) is 10.8. The van der Waals surface area contributed by atoms with Crippen LogP contribution >= 0.6 is 12.4 Å². The van der Waals surface area contributed by atoms with Crippen molar-refractivity contribution in [3.63, 3.8) is 0 Å². The number of hydrogen-bond acceptors (Lipinski definition) is 7. The van der Waals surface area contributed by atoms with Gasteiger partial charge in [-0.1, -0.05) is 0 Å². The number of piperazine rings is 1. The number of anilines is 3. The van der Waals surface area contributed by atoms with Gasteiger partial charge in [0.05, 0.1) is 5.56 Å². The predicted molar refractivity (Wildman–Crippen MR) is 128 cm³/mol. The maximum atomic E-state index is 12.7. The van der Waals surface area contributed by atoms with Gasteiger partial charge in [0.1, 0.15) is 11.6 Å². The van der Waals surface area contributed by atoms with Crippen molar-refractivity contribution in [1.82, 2.24) is 14.8 Å². The van der Waals surface area contributed by atoms with Crippen LogP contribution < -0.4 is 21.7 Å². The molecule has 4 rings (SSSR count). The van der Waals surface area contributed by atoms with Crippen LogP contribution in [0.3, 0.4) is 0 Å². The minimum absolute atomic E-state index is 0. The molecule has 5 N–H and O–H groups in total. The lowest BCUT2D eigenvalue weighted by Crippen LogP contribution is -2.47. The Morgan fingerprint density at radius 1 is 1.03 bits per heavy atom. The molecule has 2 aliphatic rings. The molecule has 3 heterocycles. The van der Waals surface area contributed by atoms with E-state index < -0.39 is 5.91 Å². The highest BCUT2D eigenvalue weighted by Crippen LogP contribution is 2.25. The Balaban J connectivity index is 0.00000289. The van der Waals surface area contributed by atoms with E-state index in [1.807, 2.05) is 17.0 Å². The van der Waals surface area contributed by atoms with Crippen LogP contribution in [0.1, 0.15) is 27.1 Å². The van der Waals surface area contributed by atoms with Crippen molar-refractivity contribution in [2.75, 3.05) is 56.5 Å². The molecule has 0 bridgehead atoms. The predicted octanol–water partition coefficient (Wildman–Crippen LogP) is 1.27. The fourth-order valence-electron chi connectivity index (χ4n) is 3.94. The summed E-state index contributed by atoms with van der Waals surface area (Å²) in [4.78, 5) is 35.4. The summed E-state index contributed by atoms with van der Waals surface area (Å²) >= 11 is 0. The first kappa shape index (κ1) is 23.8.